The number of ether oxygens (including phenoxy) is 3. The second kappa shape index (κ2) is 8.37. The number of unbranched alkanes of at least 4 members (excludes halogenated alkanes) is 1. The van der Waals surface area contributed by atoms with E-state index in [1.807, 2.05) is 0 Å². The fourth-order valence-corrected chi connectivity index (χ4v) is 1.74. The summed E-state index contributed by atoms with van der Waals surface area (Å²) in [5, 5.41) is 2.85. The first kappa shape index (κ1) is 15.3. The summed E-state index contributed by atoms with van der Waals surface area (Å²) in [7, 11) is 4.73. The van der Waals surface area contributed by atoms with Gasteiger partial charge in [-0.05, 0) is 25.0 Å². The Morgan fingerprint density at radius 1 is 1.11 bits per heavy atom. The minimum Gasteiger partial charge on any atom is -0.496 e. The number of hydrogen-bond acceptors (Lipinski definition) is 4. The van der Waals surface area contributed by atoms with Gasteiger partial charge < -0.3 is 19.5 Å². The molecule has 0 aromatic heterocycles. The molecule has 1 rings (SSSR count). The summed E-state index contributed by atoms with van der Waals surface area (Å²) >= 11 is 0. The van der Waals surface area contributed by atoms with Gasteiger partial charge in [0, 0.05) is 20.3 Å². The van der Waals surface area contributed by atoms with E-state index in [4.69, 9.17) is 14.2 Å². The van der Waals surface area contributed by atoms with Crippen molar-refractivity contribution in [3.63, 3.8) is 0 Å². The summed E-state index contributed by atoms with van der Waals surface area (Å²) < 4.78 is 15.3. The van der Waals surface area contributed by atoms with Crippen molar-refractivity contribution in [2.24, 2.45) is 0 Å². The van der Waals surface area contributed by atoms with Crippen molar-refractivity contribution in [1.29, 1.82) is 0 Å². The fourth-order valence-electron chi connectivity index (χ4n) is 1.74. The number of benzene rings is 1. The average Bonchev–Trinajstić information content (AvgIpc) is 2.45. The monoisotopic (exact) mass is 267 g/mol. The normalized spacial score (nSPS) is 10.1. The minimum absolute atomic E-state index is 0.188. The molecule has 0 saturated carbocycles. The Labute approximate surface area is 113 Å². The van der Waals surface area contributed by atoms with Crippen molar-refractivity contribution in [3.8, 4) is 11.5 Å². The van der Waals surface area contributed by atoms with Crippen LogP contribution in [0, 0.1) is 0 Å². The van der Waals surface area contributed by atoms with Crippen LogP contribution in [-0.2, 0) is 4.74 Å². The maximum Gasteiger partial charge on any atom is 0.258 e. The molecule has 0 aliphatic heterocycles. The van der Waals surface area contributed by atoms with E-state index in [1.54, 1.807) is 25.3 Å². The van der Waals surface area contributed by atoms with Crippen LogP contribution >= 0.6 is 0 Å². The van der Waals surface area contributed by atoms with Crippen molar-refractivity contribution < 1.29 is 19.0 Å². The largest absolute Gasteiger partial charge is 0.496 e. The Morgan fingerprint density at radius 2 is 1.74 bits per heavy atom. The number of carbonyl (C=O) groups is 1. The zero-order valence-electron chi connectivity index (χ0n) is 11.7. The predicted octanol–water partition coefficient (Wildman–Crippen LogP) is 1.86. The highest BCUT2D eigenvalue weighted by molar-refractivity contribution is 5.99. The van der Waals surface area contributed by atoms with E-state index in [0.717, 1.165) is 12.8 Å². The van der Waals surface area contributed by atoms with Crippen molar-refractivity contribution >= 4 is 5.91 Å². The Kier molecular flexibility index (Phi) is 6.74. The Bertz CT molecular complexity index is 384. The van der Waals surface area contributed by atoms with Crippen molar-refractivity contribution in [2.45, 2.75) is 12.8 Å². The van der Waals surface area contributed by atoms with Crippen LogP contribution in [-0.4, -0.2) is 40.4 Å². The van der Waals surface area contributed by atoms with E-state index in [9.17, 15) is 4.79 Å². The van der Waals surface area contributed by atoms with E-state index in [0.29, 0.717) is 30.2 Å². The molecule has 1 aromatic rings. The van der Waals surface area contributed by atoms with Crippen LogP contribution in [0.2, 0.25) is 0 Å². The van der Waals surface area contributed by atoms with Crippen molar-refractivity contribution in [2.75, 3.05) is 34.5 Å². The molecule has 106 valence electrons. The molecular weight excluding hydrogens is 246 g/mol. The molecule has 0 fully saturated rings. The van der Waals surface area contributed by atoms with E-state index in [1.165, 1.54) is 14.2 Å². The van der Waals surface area contributed by atoms with Crippen molar-refractivity contribution in [3.05, 3.63) is 23.8 Å². The van der Waals surface area contributed by atoms with Gasteiger partial charge >= 0.3 is 0 Å². The Hall–Kier alpha value is -1.75. The first-order valence-electron chi connectivity index (χ1n) is 6.22. The fraction of sp³-hybridized carbons (Fsp3) is 0.500. The first-order chi connectivity index (χ1) is 9.24. The molecular formula is C14H21NO4. The van der Waals surface area contributed by atoms with Gasteiger partial charge in [0.1, 0.15) is 17.1 Å². The maximum absolute atomic E-state index is 12.1. The van der Waals surface area contributed by atoms with Crippen molar-refractivity contribution in [1.82, 2.24) is 5.32 Å². The molecule has 1 amide bonds. The van der Waals surface area contributed by atoms with Crippen LogP contribution in [0.4, 0.5) is 0 Å². The molecule has 0 bridgehead atoms. The average molecular weight is 267 g/mol. The molecule has 0 unspecified atom stereocenters. The highest BCUT2D eigenvalue weighted by Gasteiger charge is 2.17. The summed E-state index contributed by atoms with van der Waals surface area (Å²) in [4.78, 5) is 12.1. The Balaban J connectivity index is 2.65. The van der Waals surface area contributed by atoms with E-state index in [-0.39, 0.29) is 5.91 Å². The highest BCUT2D eigenvalue weighted by Crippen LogP contribution is 2.27. The summed E-state index contributed by atoms with van der Waals surface area (Å²) in [6, 6.07) is 5.26. The molecule has 5 heteroatoms. The molecule has 0 saturated heterocycles. The van der Waals surface area contributed by atoms with Gasteiger partial charge in [-0.1, -0.05) is 6.07 Å². The van der Waals surface area contributed by atoms with Crippen LogP contribution in [0.3, 0.4) is 0 Å². The SMILES string of the molecule is COCCCCNC(=O)c1c(OC)cccc1OC. The highest BCUT2D eigenvalue weighted by atomic mass is 16.5. The third-order valence-electron chi connectivity index (χ3n) is 2.72. The molecule has 1 aromatic carbocycles. The molecule has 1 N–H and O–H groups in total. The number of rotatable bonds is 8. The van der Waals surface area contributed by atoms with Crippen LogP contribution < -0.4 is 14.8 Å². The van der Waals surface area contributed by atoms with E-state index < -0.39 is 0 Å². The molecule has 5 nitrogen and oxygen atoms in total. The second-order valence-electron chi connectivity index (χ2n) is 3.99. The van der Waals surface area contributed by atoms with Crippen LogP contribution in [0.1, 0.15) is 23.2 Å². The number of hydrogen-bond donors (Lipinski definition) is 1. The van der Waals surface area contributed by atoms with Gasteiger partial charge in [-0.2, -0.15) is 0 Å². The first-order valence-corrected chi connectivity index (χ1v) is 6.22. The number of carbonyl (C=O) groups excluding carboxylic acids is 1. The second-order valence-corrected chi connectivity index (χ2v) is 3.99. The third-order valence-corrected chi connectivity index (χ3v) is 2.72. The predicted molar refractivity (Wildman–Crippen MR) is 73.0 cm³/mol. The van der Waals surface area contributed by atoms with E-state index in [2.05, 4.69) is 5.32 Å². The number of amides is 1. The number of nitrogens with one attached hydrogen (secondary N) is 1. The lowest BCUT2D eigenvalue weighted by atomic mass is 10.1. The van der Waals surface area contributed by atoms with Gasteiger partial charge in [0.2, 0.25) is 0 Å². The lowest BCUT2D eigenvalue weighted by Gasteiger charge is -2.12. The maximum atomic E-state index is 12.1. The van der Waals surface area contributed by atoms with Crippen LogP contribution in [0.25, 0.3) is 0 Å². The molecule has 0 radical (unpaired) electrons. The number of methoxy groups -OCH3 is 3. The lowest BCUT2D eigenvalue weighted by Crippen LogP contribution is -2.25. The van der Waals surface area contributed by atoms with Gasteiger partial charge in [0.15, 0.2) is 0 Å². The molecule has 19 heavy (non-hydrogen) atoms. The zero-order chi connectivity index (χ0) is 14.1. The molecule has 0 spiro atoms. The molecule has 0 aliphatic carbocycles. The molecule has 0 aliphatic rings. The van der Waals surface area contributed by atoms with Crippen LogP contribution in [0.15, 0.2) is 18.2 Å². The van der Waals surface area contributed by atoms with Crippen LogP contribution in [0.5, 0.6) is 11.5 Å². The van der Waals surface area contributed by atoms with Gasteiger partial charge in [-0.3, -0.25) is 4.79 Å². The van der Waals surface area contributed by atoms with Gasteiger partial charge in [0.25, 0.3) is 5.91 Å². The minimum atomic E-state index is -0.188. The quantitative estimate of drug-likeness (QED) is 0.730. The summed E-state index contributed by atoms with van der Waals surface area (Å²) in [6.45, 7) is 1.30. The summed E-state index contributed by atoms with van der Waals surface area (Å²) in [6.07, 6.45) is 1.79. The summed E-state index contributed by atoms with van der Waals surface area (Å²) in [5.41, 5.74) is 0.430. The smallest absolute Gasteiger partial charge is 0.258 e. The molecule has 0 atom stereocenters. The lowest BCUT2D eigenvalue weighted by molar-refractivity contribution is 0.0945. The Morgan fingerprint density at radius 3 is 2.26 bits per heavy atom. The topological polar surface area (TPSA) is 56.8 Å². The van der Waals surface area contributed by atoms with E-state index >= 15 is 0 Å². The van der Waals surface area contributed by atoms with Gasteiger partial charge in [0.05, 0.1) is 14.2 Å². The summed E-state index contributed by atoms with van der Waals surface area (Å²) in [5.74, 6) is 0.828. The van der Waals surface area contributed by atoms with Gasteiger partial charge in [-0.25, -0.2) is 0 Å². The van der Waals surface area contributed by atoms with Gasteiger partial charge in [-0.15, -0.1) is 0 Å². The molecule has 0 heterocycles. The standard InChI is InChI=1S/C14H21NO4/c1-17-10-5-4-9-15-14(16)13-11(18-2)7-6-8-12(13)19-3/h6-8H,4-5,9-10H2,1-3H3,(H,15,16). The zero-order valence-corrected chi connectivity index (χ0v) is 11.7. The third kappa shape index (κ3) is 4.44.